The van der Waals surface area contributed by atoms with Gasteiger partial charge in [-0.2, -0.15) is 0 Å². The summed E-state index contributed by atoms with van der Waals surface area (Å²) in [5, 5.41) is 3.00. The van der Waals surface area contributed by atoms with Crippen molar-refractivity contribution in [3.8, 4) is 0 Å². The Morgan fingerprint density at radius 1 is 1.00 bits per heavy atom. The molecule has 0 atom stereocenters. The molecule has 0 aliphatic heterocycles. The van der Waals surface area contributed by atoms with Crippen LogP contribution in [0.4, 0.5) is 13.2 Å². The van der Waals surface area contributed by atoms with Gasteiger partial charge in [0.1, 0.15) is 5.82 Å². The normalized spacial score (nSPS) is 10.9. The van der Waals surface area contributed by atoms with Gasteiger partial charge in [-0.15, -0.1) is 11.3 Å². The Morgan fingerprint density at radius 2 is 1.72 bits per heavy atom. The molecule has 1 aromatic heterocycles. The minimum absolute atomic E-state index is 0.127. The van der Waals surface area contributed by atoms with Crippen molar-refractivity contribution >= 4 is 11.3 Å². The van der Waals surface area contributed by atoms with Crippen molar-refractivity contribution in [2.75, 3.05) is 0 Å². The monoisotopic (exact) mass is 271 g/mol. The van der Waals surface area contributed by atoms with Crippen LogP contribution < -0.4 is 5.32 Å². The molecule has 0 amide bonds. The van der Waals surface area contributed by atoms with Crippen LogP contribution in [0.1, 0.15) is 15.3 Å². The number of aryl methyl sites for hydroxylation is 1. The Hall–Kier alpha value is -1.33. The number of thiophene rings is 1. The van der Waals surface area contributed by atoms with Gasteiger partial charge in [-0.25, -0.2) is 13.2 Å². The van der Waals surface area contributed by atoms with E-state index in [1.807, 2.05) is 19.1 Å². The van der Waals surface area contributed by atoms with Gasteiger partial charge in [0.2, 0.25) is 0 Å². The van der Waals surface area contributed by atoms with Crippen molar-refractivity contribution in [1.82, 2.24) is 5.32 Å². The Kier molecular flexibility index (Phi) is 4.04. The Balaban J connectivity index is 1.96. The first-order valence-corrected chi connectivity index (χ1v) is 6.27. The molecule has 0 aliphatic rings. The van der Waals surface area contributed by atoms with E-state index in [1.165, 1.54) is 4.88 Å². The highest BCUT2D eigenvalue weighted by Gasteiger charge is 2.09. The third-order valence-electron chi connectivity index (χ3n) is 2.50. The second-order valence-electron chi connectivity index (χ2n) is 3.97. The second kappa shape index (κ2) is 5.54. The lowest BCUT2D eigenvalue weighted by molar-refractivity contribution is 0.487. The standard InChI is InChI=1S/C13H12F3NS/c1-8-2-3-10(18-8)7-17-6-9-4-12(15)13(16)5-11(9)14/h2-5,17H,6-7H2,1H3. The van der Waals surface area contributed by atoms with Crippen LogP contribution in [-0.4, -0.2) is 0 Å². The largest absolute Gasteiger partial charge is 0.308 e. The zero-order valence-corrected chi connectivity index (χ0v) is 10.6. The van der Waals surface area contributed by atoms with Gasteiger partial charge in [-0.1, -0.05) is 0 Å². The molecule has 0 bridgehead atoms. The fourth-order valence-electron chi connectivity index (χ4n) is 1.60. The molecule has 0 saturated carbocycles. The second-order valence-corrected chi connectivity index (χ2v) is 5.35. The third-order valence-corrected chi connectivity index (χ3v) is 3.50. The molecule has 0 spiro atoms. The molecule has 96 valence electrons. The summed E-state index contributed by atoms with van der Waals surface area (Å²) in [5.74, 6) is -2.92. The quantitative estimate of drug-likeness (QED) is 0.835. The van der Waals surface area contributed by atoms with Gasteiger partial charge in [-0.3, -0.25) is 0 Å². The van der Waals surface area contributed by atoms with E-state index in [-0.39, 0.29) is 12.1 Å². The van der Waals surface area contributed by atoms with Crippen LogP contribution in [0.15, 0.2) is 24.3 Å². The van der Waals surface area contributed by atoms with E-state index in [4.69, 9.17) is 0 Å². The van der Waals surface area contributed by atoms with Crippen LogP contribution in [0, 0.1) is 24.4 Å². The summed E-state index contributed by atoms with van der Waals surface area (Å²) in [7, 11) is 0. The molecule has 0 radical (unpaired) electrons. The molecule has 1 nitrogen and oxygen atoms in total. The Bertz CT molecular complexity index is 551. The van der Waals surface area contributed by atoms with Crippen LogP contribution in [0.25, 0.3) is 0 Å². The fourth-order valence-corrected chi connectivity index (χ4v) is 2.46. The van der Waals surface area contributed by atoms with Crippen molar-refractivity contribution in [3.05, 3.63) is 57.0 Å². The van der Waals surface area contributed by atoms with Crippen molar-refractivity contribution in [1.29, 1.82) is 0 Å². The Morgan fingerprint density at radius 3 is 2.39 bits per heavy atom. The lowest BCUT2D eigenvalue weighted by Crippen LogP contribution is -2.13. The van der Waals surface area contributed by atoms with Crippen LogP contribution in [0.3, 0.4) is 0 Å². The fraction of sp³-hybridized carbons (Fsp3) is 0.231. The molecule has 1 N–H and O–H groups in total. The molecule has 2 aromatic rings. The van der Waals surface area contributed by atoms with Gasteiger partial charge in [0.15, 0.2) is 11.6 Å². The first-order chi connectivity index (χ1) is 8.56. The average molecular weight is 271 g/mol. The maximum atomic E-state index is 13.3. The van der Waals surface area contributed by atoms with Crippen molar-refractivity contribution in [3.63, 3.8) is 0 Å². The van der Waals surface area contributed by atoms with Crippen LogP contribution in [0.5, 0.6) is 0 Å². The highest BCUT2D eigenvalue weighted by molar-refractivity contribution is 7.11. The van der Waals surface area contributed by atoms with Crippen LogP contribution in [0.2, 0.25) is 0 Å². The molecule has 0 aliphatic carbocycles. The summed E-state index contributed by atoms with van der Waals surface area (Å²) in [6.07, 6.45) is 0. The molecule has 18 heavy (non-hydrogen) atoms. The number of rotatable bonds is 4. The van der Waals surface area contributed by atoms with Gasteiger partial charge in [0.25, 0.3) is 0 Å². The lowest BCUT2D eigenvalue weighted by atomic mass is 10.2. The van der Waals surface area contributed by atoms with Crippen molar-refractivity contribution in [2.24, 2.45) is 0 Å². The van der Waals surface area contributed by atoms with Crippen LogP contribution >= 0.6 is 11.3 Å². The number of halogens is 3. The zero-order chi connectivity index (χ0) is 13.1. The first-order valence-electron chi connectivity index (χ1n) is 5.45. The number of hydrogen-bond donors (Lipinski definition) is 1. The summed E-state index contributed by atoms with van der Waals surface area (Å²) < 4.78 is 39.0. The summed E-state index contributed by atoms with van der Waals surface area (Å²) in [4.78, 5) is 2.32. The summed E-state index contributed by atoms with van der Waals surface area (Å²) >= 11 is 1.64. The van der Waals surface area contributed by atoms with E-state index in [0.717, 1.165) is 10.9 Å². The van der Waals surface area contributed by atoms with E-state index >= 15 is 0 Å². The van der Waals surface area contributed by atoms with Crippen molar-refractivity contribution in [2.45, 2.75) is 20.0 Å². The Labute approximate surface area is 107 Å². The molecule has 2 rings (SSSR count). The molecule has 0 unspecified atom stereocenters. The van der Waals surface area contributed by atoms with E-state index in [2.05, 4.69) is 5.32 Å². The first kappa shape index (κ1) is 13.1. The average Bonchev–Trinajstić information content (AvgIpc) is 2.71. The molecule has 0 saturated heterocycles. The topological polar surface area (TPSA) is 12.0 Å². The summed E-state index contributed by atoms with van der Waals surface area (Å²) in [5.41, 5.74) is 0.127. The maximum Gasteiger partial charge on any atom is 0.161 e. The molecule has 0 fully saturated rings. The van der Waals surface area contributed by atoms with E-state index in [1.54, 1.807) is 11.3 Å². The highest BCUT2D eigenvalue weighted by atomic mass is 32.1. The predicted molar refractivity (Wildman–Crippen MR) is 65.9 cm³/mol. The van der Waals surface area contributed by atoms with Crippen LogP contribution in [-0.2, 0) is 13.1 Å². The minimum Gasteiger partial charge on any atom is -0.308 e. The molecular weight excluding hydrogens is 259 g/mol. The highest BCUT2D eigenvalue weighted by Crippen LogP contribution is 2.16. The minimum atomic E-state index is -1.16. The smallest absolute Gasteiger partial charge is 0.161 e. The van der Waals surface area contributed by atoms with Gasteiger partial charge < -0.3 is 5.32 Å². The maximum absolute atomic E-state index is 13.3. The zero-order valence-electron chi connectivity index (χ0n) is 9.77. The van der Waals surface area contributed by atoms with E-state index < -0.39 is 17.5 Å². The molecule has 5 heteroatoms. The summed E-state index contributed by atoms with van der Waals surface area (Å²) in [6.45, 7) is 2.75. The molecule has 1 heterocycles. The number of benzene rings is 1. The lowest BCUT2D eigenvalue weighted by Gasteiger charge is -2.05. The van der Waals surface area contributed by atoms with E-state index in [9.17, 15) is 13.2 Å². The number of hydrogen-bond acceptors (Lipinski definition) is 2. The molecule has 1 aromatic carbocycles. The van der Waals surface area contributed by atoms with Crippen molar-refractivity contribution < 1.29 is 13.2 Å². The molecular formula is C13H12F3NS. The third kappa shape index (κ3) is 3.11. The van der Waals surface area contributed by atoms with Gasteiger partial charge in [0, 0.05) is 34.5 Å². The predicted octanol–water partition coefficient (Wildman–Crippen LogP) is 3.76. The van der Waals surface area contributed by atoms with Gasteiger partial charge in [-0.05, 0) is 25.1 Å². The van der Waals surface area contributed by atoms with E-state index in [0.29, 0.717) is 12.6 Å². The SMILES string of the molecule is Cc1ccc(CNCc2cc(F)c(F)cc2F)s1. The summed E-state index contributed by atoms with van der Waals surface area (Å²) in [6, 6.07) is 5.44. The van der Waals surface area contributed by atoms with Gasteiger partial charge in [0.05, 0.1) is 0 Å². The number of nitrogens with one attached hydrogen (secondary N) is 1. The van der Waals surface area contributed by atoms with Gasteiger partial charge >= 0.3 is 0 Å².